The number of hydrogen-bond acceptors (Lipinski definition) is 17. The van der Waals surface area contributed by atoms with Gasteiger partial charge in [-0.05, 0) is 199 Å². The Morgan fingerprint density at radius 1 is 0.571 bits per heavy atom. The number of allylic oxidation sites excluding steroid dienone is 1. The smallest absolute Gasteiger partial charge is 0.330 e. The summed E-state index contributed by atoms with van der Waals surface area (Å²) >= 11 is 7.45. The van der Waals surface area contributed by atoms with Gasteiger partial charge in [0.2, 0.25) is 10.2 Å². The number of carbonyl (C=O) groups is 6. The second-order valence-electron chi connectivity index (χ2n) is 23.1. The molecular formula is C72H84N4O13S2. The maximum Gasteiger partial charge on any atom is 0.330 e. The van der Waals surface area contributed by atoms with E-state index in [1.54, 1.807) is 47.6 Å². The summed E-state index contributed by atoms with van der Waals surface area (Å²) in [5.41, 5.74) is 4.32. The highest BCUT2D eigenvalue weighted by molar-refractivity contribution is 7.80. The third kappa shape index (κ3) is 22.9. The molecule has 1 heterocycles. The van der Waals surface area contributed by atoms with Gasteiger partial charge in [-0.1, -0.05) is 99.1 Å². The molecule has 4 aromatic carbocycles. The molecule has 91 heavy (non-hydrogen) atoms. The van der Waals surface area contributed by atoms with E-state index in [-0.39, 0.29) is 48.2 Å². The van der Waals surface area contributed by atoms with Gasteiger partial charge in [0, 0.05) is 29.8 Å². The zero-order valence-electron chi connectivity index (χ0n) is 51.9. The van der Waals surface area contributed by atoms with Crippen LogP contribution in [0.1, 0.15) is 156 Å². The van der Waals surface area contributed by atoms with Gasteiger partial charge in [-0.2, -0.15) is 10.1 Å². The van der Waals surface area contributed by atoms with Gasteiger partial charge in [0.1, 0.15) is 23.0 Å². The fourth-order valence-electron chi connectivity index (χ4n) is 11.1. The van der Waals surface area contributed by atoms with E-state index >= 15 is 0 Å². The number of hydrogen-bond donors (Lipinski definition) is 1. The molecule has 0 saturated heterocycles. The standard InChI is InChI=1S/C72H84N4O13S2/c1-3-65(77)84-46-19-9-7-5-6-8-13-21-51-26-37-60(38-27-51)87-68(80)54-30-28-53(29-31-54)67(79)86-48-44-52-36-39-62(49-57(52)50-73-76(71(90)74-58-22-14-12-15-23-58)72-75-63-24-16-17-25-64(63)91-72)89-70(82)56-34-32-55(33-35-56)69(81)88-61-42-40-59(41-43-61)83-45-18-10-11-20-47-85-66(78)4-2/h3-4,12,14-15,17,22-23,25-27,36-43,49-50,53-56H,1-2,5-11,13,16,18-21,24,28-35,44-48H2,(H,74,90)/b73-50+/t53-,54-,55-,56-. The number of nitrogens with zero attached hydrogens (tertiary/aromatic N) is 3. The van der Waals surface area contributed by atoms with Crippen LogP contribution >= 0.6 is 23.6 Å². The molecule has 1 N–H and O–H groups in total. The van der Waals surface area contributed by atoms with Crippen molar-refractivity contribution in [3.63, 3.8) is 0 Å². The van der Waals surface area contributed by atoms with Crippen molar-refractivity contribution < 1.29 is 61.9 Å². The van der Waals surface area contributed by atoms with Crippen molar-refractivity contribution in [2.75, 3.05) is 36.8 Å². The Hall–Kier alpha value is -8.29. The molecule has 0 amide bonds. The third-order valence-electron chi connectivity index (χ3n) is 16.4. The first-order valence-corrected chi connectivity index (χ1v) is 33.3. The first-order valence-electron chi connectivity index (χ1n) is 32.1. The molecule has 2 fully saturated rings. The van der Waals surface area contributed by atoms with E-state index in [4.69, 9.17) is 55.5 Å². The average Bonchev–Trinajstić information content (AvgIpc) is 2.21. The number of fused-ring (bicyclic) bond motifs is 1. The van der Waals surface area contributed by atoms with E-state index < -0.39 is 17.9 Å². The van der Waals surface area contributed by atoms with Gasteiger partial charge in [0.15, 0.2) is 0 Å². The number of rotatable bonds is 34. The van der Waals surface area contributed by atoms with Crippen molar-refractivity contribution in [1.29, 1.82) is 0 Å². The van der Waals surface area contributed by atoms with Crippen LogP contribution in [-0.2, 0) is 62.2 Å². The monoisotopic (exact) mass is 1280 g/mol. The molecule has 0 spiro atoms. The molecule has 19 heteroatoms. The molecule has 2 saturated carbocycles. The summed E-state index contributed by atoms with van der Waals surface area (Å²) in [5, 5.41) is 10.7. The lowest BCUT2D eigenvalue weighted by Crippen LogP contribution is -2.30. The van der Waals surface area contributed by atoms with Gasteiger partial charge in [0.05, 0.1) is 66.9 Å². The number of esters is 6. The van der Waals surface area contributed by atoms with Crippen molar-refractivity contribution in [2.45, 2.75) is 148 Å². The number of carbonyl (C=O) groups excluding carboxylic acids is 6. The predicted molar refractivity (Wildman–Crippen MR) is 356 cm³/mol. The molecule has 1 aromatic heterocycles. The van der Waals surface area contributed by atoms with Crippen LogP contribution in [0.4, 0.5) is 10.8 Å². The number of thiocarbonyl (C=S) groups is 1. The summed E-state index contributed by atoms with van der Waals surface area (Å²) in [6.45, 7) is 8.23. The van der Waals surface area contributed by atoms with Crippen LogP contribution in [0.3, 0.4) is 0 Å². The highest BCUT2D eigenvalue weighted by Gasteiger charge is 2.34. The molecule has 5 aromatic rings. The van der Waals surface area contributed by atoms with E-state index in [9.17, 15) is 28.8 Å². The van der Waals surface area contributed by atoms with Gasteiger partial charge < -0.3 is 38.5 Å². The molecule has 482 valence electrons. The van der Waals surface area contributed by atoms with Crippen LogP contribution in [0.5, 0.6) is 23.0 Å². The molecule has 8 rings (SSSR count). The maximum atomic E-state index is 13.9. The number of nitrogens with one attached hydrogen (secondary N) is 1. The van der Waals surface area contributed by atoms with Gasteiger partial charge >= 0.3 is 35.8 Å². The average molecular weight is 1280 g/mol. The lowest BCUT2D eigenvalue weighted by molar-refractivity contribution is -0.152. The van der Waals surface area contributed by atoms with Crippen molar-refractivity contribution in [3.8, 4) is 23.0 Å². The topological polar surface area (TPSA) is 208 Å². The van der Waals surface area contributed by atoms with Gasteiger partial charge in [-0.25, -0.2) is 14.6 Å². The van der Waals surface area contributed by atoms with Crippen molar-refractivity contribution in [3.05, 3.63) is 156 Å². The number of aryl methyl sites for hydroxylation is 2. The molecule has 0 bridgehead atoms. The number of anilines is 2. The van der Waals surface area contributed by atoms with E-state index in [1.807, 2.05) is 60.7 Å². The van der Waals surface area contributed by atoms with Gasteiger partial charge in [-0.15, -0.1) is 0 Å². The lowest BCUT2D eigenvalue weighted by Gasteiger charge is -2.26. The van der Waals surface area contributed by atoms with Crippen LogP contribution in [0.15, 0.2) is 134 Å². The Bertz CT molecular complexity index is 3280. The Balaban J connectivity index is 0.818. The summed E-state index contributed by atoms with van der Waals surface area (Å²) in [6, 6.07) is 29.5. The van der Waals surface area contributed by atoms with Crippen LogP contribution in [0.25, 0.3) is 6.08 Å². The summed E-state index contributed by atoms with van der Waals surface area (Å²) in [4.78, 5) is 82.4. The van der Waals surface area contributed by atoms with Crippen molar-refractivity contribution in [2.24, 2.45) is 28.8 Å². The molecule has 3 aliphatic carbocycles. The second kappa shape index (κ2) is 37.1. The summed E-state index contributed by atoms with van der Waals surface area (Å²) in [5.74, 6) is -1.73. The Kier molecular flexibility index (Phi) is 28.0. The number of hydrazone groups is 1. The molecule has 0 radical (unpaired) electrons. The third-order valence-corrected chi connectivity index (χ3v) is 17.7. The first-order chi connectivity index (χ1) is 44.4. The Morgan fingerprint density at radius 2 is 1.08 bits per heavy atom. The minimum atomic E-state index is -0.435. The van der Waals surface area contributed by atoms with Crippen LogP contribution < -0.4 is 29.3 Å². The molecular weight excluding hydrogens is 1190 g/mol. The zero-order valence-corrected chi connectivity index (χ0v) is 53.5. The van der Waals surface area contributed by atoms with E-state index in [1.165, 1.54) is 23.0 Å². The second-order valence-corrected chi connectivity index (χ2v) is 24.5. The Morgan fingerprint density at radius 3 is 1.65 bits per heavy atom. The van der Waals surface area contributed by atoms with Crippen LogP contribution in [-0.4, -0.2) is 78.6 Å². The first kappa shape index (κ1) is 68.6. The van der Waals surface area contributed by atoms with Gasteiger partial charge in [0.25, 0.3) is 0 Å². The number of unbranched alkanes of at least 4 members (excludes halogenated alkanes) is 9. The number of aromatic nitrogens is 1. The highest BCUT2D eigenvalue weighted by atomic mass is 32.1. The van der Waals surface area contributed by atoms with Crippen molar-refractivity contribution in [1.82, 2.24) is 4.98 Å². The fraction of sp³-hybridized carbons (Fsp3) is 0.431. The molecule has 17 nitrogen and oxygen atoms in total. The van der Waals surface area contributed by atoms with Gasteiger partial charge in [-0.3, -0.25) is 19.2 Å². The largest absolute Gasteiger partial charge is 0.494 e. The van der Waals surface area contributed by atoms with E-state index in [2.05, 4.69) is 30.6 Å². The predicted octanol–water partition coefficient (Wildman–Crippen LogP) is 14.8. The molecule has 0 aliphatic heterocycles. The highest BCUT2D eigenvalue weighted by Crippen LogP contribution is 2.35. The summed E-state index contributed by atoms with van der Waals surface area (Å²) in [6.07, 6.45) is 26.0. The minimum Gasteiger partial charge on any atom is -0.494 e. The number of benzene rings is 4. The maximum absolute atomic E-state index is 13.9. The quantitative estimate of drug-likeness (QED) is 0.00594. The molecule has 3 aliphatic rings. The zero-order chi connectivity index (χ0) is 64.0. The number of thiazole rings is 1. The summed E-state index contributed by atoms with van der Waals surface area (Å²) in [7, 11) is 0. The SMILES string of the molecule is C=CC(=O)OCCCCCCCCCc1ccc(OC(=O)[C@H]2CC[C@H](C(=O)OCCc3ccc(OC(=O)[C@H]4CC[C@H](C(=O)Oc5ccc(OCCCCCCOC(=O)C=C)cc5)CC4)cc3/C=N/N(C(=S)Nc3ccccc3)c3nc4c(s3)C=CCC4)CC2)cc1. The normalized spacial score (nSPS) is 16.7. The number of para-hydroxylation sites is 1. The molecule has 0 unspecified atom stereocenters. The van der Waals surface area contributed by atoms with Crippen LogP contribution in [0.2, 0.25) is 0 Å². The number of ether oxygens (including phenoxy) is 7. The molecule has 0 atom stereocenters. The minimum absolute atomic E-state index is 0.0741. The summed E-state index contributed by atoms with van der Waals surface area (Å²) < 4.78 is 39.5. The Labute approximate surface area is 543 Å². The van der Waals surface area contributed by atoms with Crippen LogP contribution in [0, 0.1) is 23.7 Å². The lowest BCUT2D eigenvalue weighted by atomic mass is 9.82. The van der Waals surface area contributed by atoms with Crippen molar-refractivity contribution >= 4 is 87.6 Å². The fourth-order valence-corrected chi connectivity index (χ4v) is 12.4. The van der Waals surface area contributed by atoms with E-state index in [0.717, 1.165) is 118 Å². The van der Waals surface area contributed by atoms with E-state index in [0.29, 0.717) is 116 Å².